The molecule has 0 aromatic rings. The maximum Gasteiger partial charge on any atom is 0.220 e. The molecule has 4 saturated carbocycles. The summed E-state index contributed by atoms with van der Waals surface area (Å²) in [6, 6.07) is 0. The summed E-state index contributed by atoms with van der Waals surface area (Å²) in [6.07, 6.45) is 20.0. The van der Waals surface area contributed by atoms with E-state index in [-0.39, 0.29) is 41.0 Å². The van der Waals surface area contributed by atoms with Gasteiger partial charge in [0.2, 0.25) is 5.91 Å². The number of unbranched alkanes of at least 4 members (excludes halogenated alkanes) is 9. The predicted molar refractivity (Wildman–Crippen MR) is 167 cm³/mol. The van der Waals surface area contributed by atoms with Gasteiger partial charge in [0, 0.05) is 13.0 Å². The van der Waals surface area contributed by atoms with Gasteiger partial charge in [-0.15, -0.1) is 0 Å². The topological polar surface area (TPSA) is 89.8 Å². The predicted octanol–water partition coefficient (Wildman–Crippen LogP) is 7.40. The van der Waals surface area contributed by atoms with Gasteiger partial charge in [-0.2, -0.15) is 0 Å². The fraction of sp³-hybridized carbons (Fsp3) is 0.972. The fourth-order valence-corrected chi connectivity index (χ4v) is 10.6. The van der Waals surface area contributed by atoms with E-state index in [1.165, 1.54) is 57.8 Å². The molecule has 0 unspecified atom stereocenters. The summed E-state index contributed by atoms with van der Waals surface area (Å²) in [4.78, 5) is 12.7. The number of amides is 1. The van der Waals surface area contributed by atoms with Crippen LogP contribution in [0.3, 0.4) is 0 Å². The van der Waals surface area contributed by atoms with Gasteiger partial charge in [-0.1, -0.05) is 85.5 Å². The summed E-state index contributed by atoms with van der Waals surface area (Å²) < 4.78 is 0. The van der Waals surface area contributed by atoms with E-state index in [0.717, 1.165) is 64.3 Å². The first kappa shape index (κ1) is 33.2. The second-order valence-corrected chi connectivity index (χ2v) is 15.6. The maximum absolute atomic E-state index is 12.7. The van der Waals surface area contributed by atoms with Crippen LogP contribution in [0.5, 0.6) is 0 Å². The fourth-order valence-electron chi connectivity index (χ4n) is 10.6. The third-order valence-electron chi connectivity index (χ3n) is 13.2. The minimum absolute atomic E-state index is 0.113. The van der Waals surface area contributed by atoms with Crippen molar-refractivity contribution in [2.24, 2.45) is 46.3 Å². The normalized spacial score (nSPS) is 40.9. The number of hydrogen-bond donors (Lipinski definition) is 4. The molecule has 0 aliphatic heterocycles. The Bertz CT molecular complexity index is 819. The molecular weight excluding hydrogens is 510 g/mol. The number of nitrogens with one attached hydrogen (secondary N) is 1. The molecular formula is C36H65NO4. The van der Waals surface area contributed by atoms with E-state index in [4.69, 9.17) is 0 Å². The summed E-state index contributed by atoms with van der Waals surface area (Å²) in [7, 11) is 0. The van der Waals surface area contributed by atoms with Crippen molar-refractivity contribution in [1.29, 1.82) is 0 Å². The van der Waals surface area contributed by atoms with Crippen molar-refractivity contribution in [1.82, 2.24) is 5.32 Å². The second-order valence-electron chi connectivity index (χ2n) is 15.6. The van der Waals surface area contributed by atoms with Crippen molar-refractivity contribution in [3.63, 3.8) is 0 Å². The van der Waals surface area contributed by atoms with Crippen LogP contribution in [0.4, 0.5) is 0 Å². The maximum atomic E-state index is 12.7. The Morgan fingerprint density at radius 1 is 0.854 bits per heavy atom. The van der Waals surface area contributed by atoms with E-state index in [2.05, 4.69) is 33.0 Å². The Morgan fingerprint density at radius 2 is 1.51 bits per heavy atom. The summed E-state index contributed by atoms with van der Waals surface area (Å²) in [5.74, 6) is 2.24. The van der Waals surface area contributed by atoms with Crippen LogP contribution in [-0.4, -0.2) is 46.1 Å². The average Bonchev–Trinajstić information content (AvgIpc) is 3.30. The van der Waals surface area contributed by atoms with E-state index < -0.39 is 0 Å². The average molecular weight is 576 g/mol. The van der Waals surface area contributed by atoms with Gasteiger partial charge in [-0.3, -0.25) is 4.79 Å². The van der Waals surface area contributed by atoms with Gasteiger partial charge in [0.25, 0.3) is 0 Å². The molecule has 0 saturated heterocycles. The van der Waals surface area contributed by atoms with Crippen molar-refractivity contribution in [2.75, 3.05) is 6.54 Å². The van der Waals surface area contributed by atoms with Gasteiger partial charge in [-0.25, -0.2) is 0 Å². The highest BCUT2D eigenvalue weighted by Crippen LogP contribution is 2.68. The molecule has 4 rings (SSSR count). The SMILES string of the molecule is CCCCCCCCCCCCNC(=O)CC[C@@H](C)[C@H]1CC[C@H]2[C@@H]3[C@H](O)C[C@@H]4C[C@H](O)CC[C@]4(C)[C@H]3C[C@H](O)[C@]12C. The van der Waals surface area contributed by atoms with Gasteiger partial charge in [0.15, 0.2) is 0 Å². The van der Waals surface area contributed by atoms with Crippen LogP contribution in [0.15, 0.2) is 0 Å². The Balaban J connectivity index is 1.20. The first-order valence-corrected chi connectivity index (χ1v) is 17.9. The lowest BCUT2D eigenvalue weighted by Gasteiger charge is -2.63. The lowest BCUT2D eigenvalue weighted by Crippen LogP contribution is -2.62. The van der Waals surface area contributed by atoms with Crippen LogP contribution in [0.25, 0.3) is 0 Å². The number of fused-ring (bicyclic) bond motifs is 5. The molecule has 1 amide bonds. The number of aliphatic hydroxyl groups is 3. The minimum Gasteiger partial charge on any atom is -0.393 e. The quantitative estimate of drug-likeness (QED) is 0.153. The number of rotatable bonds is 15. The van der Waals surface area contributed by atoms with Crippen LogP contribution >= 0.6 is 0 Å². The molecule has 11 atom stereocenters. The summed E-state index contributed by atoms with van der Waals surface area (Å²) in [5, 5.41) is 36.8. The van der Waals surface area contributed by atoms with Gasteiger partial charge < -0.3 is 20.6 Å². The van der Waals surface area contributed by atoms with E-state index in [1.807, 2.05) is 0 Å². The molecule has 0 bridgehead atoms. The minimum atomic E-state index is -0.358. The van der Waals surface area contributed by atoms with E-state index >= 15 is 0 Å². The highest BCUT2D eigenvalue weighted by molar-refractivity contribution is 5.75. The van der Waals surface area contributed by atoms with Gasteiger partial charge in [0.05, 0.1) is 18.3 Å². The van der Waals surface area contributed by atoms with Crippen LogP contribution in [-0.2, 0) is 4.79 Å². The van der Waals surface area contributed by atoms with Crippen LogP contribution in [0.2, 0.25) is 0 Å². The molecule has 41 heavy (non-hydrogen) atoms. The zero-order valence-electron chi connectivity index (χ0n) is 27.1. The third-order valence-corrected chi connectivity index (χ3v) is 13.2. The van der Waals surface area contributed by atoms with Crippen molar-refractivity contribution in [2.45, 2.75) is 168 Å². The van der Waals surface area contributed by atoms with Gasteiger partial charge in [-0.05, 0) is 104 Å². The molecule has 238 valence electrons. The standard InChI is InChI=1S/C36H65NO4/c1-5-6-7-8-9-10-11-12-13-14-21-37-33(41)18-15-25(2)28-16-17-29-34-30(24-32(40)36(28,29)4)35(3)20-19-27(38)22-26(35)23-31(34)39/h25-32,34,38-40H,5-24H2,1-4H3,(H,37,41)/t25-,26+,27-,28-,29+,30+,31-,32+,34+,35+,36-/m1/s1. The molecule has 0 spiro atoms. The summed E-state index contributed by atoms with van der Waals surface area (Å²) in [6.45, 7) is 10.1. The molecule has 4 N–H and O–H groups in total. The first-order chi connectivity index (χ1) is 19.6. The van der Waals surface area contributed by atoms with Gasteiger partial charge >= 0.3 is 0 Å². The Hall–Kier alpha value is -0.650. The molecule has 0 heterocycles. The zero-order chi connectivity index (χ0) is 29.6. The summed E-state index contributed by atoms with van der Waals surface area (Å²) in [5.41, 5.74) is -0.0765. The Kier molecular flexibility index (Phi) is 12.1. The molecule has 4 aliphatic rings. The molecule has 5 heteroatoms. The molecule has 0 aromatic heterocycles. The molecule has 5 nitrogen and oxygen atoms in total. The van der Waals surface area contributed by atoms with Crippen LogP contribution in [0.1, 0.15) is 150 Å². The van der Waals surface area contributed by atoms with Crippen molar-refractivity contribution < 1.29 is 20.1 Å². The Morgan fingerprint density at radius 3 is 2.20 bits per heavy atom. The lowest BCUT2D eigenvalue weighted by molar-refractivity contribution is -0.207. The zero-order valence-corrected chi connectivity index (χ0v) is 27.1. The molecule has 4 fully saturated rings. The number of aliphatic hydroxyl groups excluding tert-OH is 3. The highest BCUT2D eigenvalue weighted by atomic mass is 16.3. The first-order valence-electron chi connectivity index (χ1n) is 17.9. The number of carbonyl (C=O) groups is 1. The largest absolute Gasteiger partial charge is 0.393 e. The van der Waals surface area contributed by atoms with E-state index in [0.29, 0.717) is 36.0 Å². The van der Waals surface area contributed by atoms with Crippen molar-refractivity contribution >= 4 is 5.91 Å². The molecule has 4 aliphatic carbocycles. The van der Waals surface area contributed by atoms with E-state index in [1.54, 1.807) is 0 Å². The smallest absolute Gasteiger partial charge is 0.220 e. The van der Waals surface area contributed by atoms with Gasteiger partial charge in [0.1, 0.15) is 0 Å². The molecule has 0 aromatic carbocycles. The highest BCUT2D eigenvalue weighted by Gasteiger charge is 2.65. The lowest BCUT2D eigenvalue weighted by atomic mass is 9.43. The van der Waals surface area contributed by atoms with Crippen molar-refractivity contribution in [3.05, 3.63) is 0 Å². The molecule has 0 radical (unpaired) electrons. The van der Waals surface area contributed by atoms with Crippen LogP contribution in [0, 0.1) is 46.3 Å². The second kappa shape index (κ2) is 14.9. The monoisotopic (exact) mass is 575 g/mol. The van der Waals surface area contributed by atoms with Crippen molar-refractivity contribution in [3.8, 4) is 0 Å². The van der Waals surface area contributed by atoms with Crippen LogP contribution < -0.4 is 5.32 Å². The number of hydrogen-bond acceptors (Lipinski definition) is 4. The Labute approximate surface area is 252 Å². The van der Waals surface area contributed by atoms with E-state index in [9.17, 15) is 20.1 Å². The number of carbonyl (C=O) groups excluding carboxylic acids is 1. The third kappa shape index (κ3) is 7.36. The summed E-state index contributed by atoms with van der Waals surface area (Å²) >= 11 is 0.